The lowest BCUT2D eigenvalue weighted by molar-refractivity contribution is 0.158. The highest BCUT2D eigenvalue weighted by Gasteiger charge is 2.29. The first kappa shape index (κ1) is 14.6. The monoisotopic (exact) mass is 302 g/mol. The molecule has 1 aromatic rings. The maximum atomic E-state index is 13.0. The van der Waals surface area contributed by atoms with Crippen molar-refractivity contribution in [2.24, 2.45) is 5.73 Å². The molecule has 17 heavy (non-hydrogen) atoms. The molecule has 2 N–H and O–H groups in total. The van der Waals surface area contributed by atoms with Gasteiger partial charge in [0.25, 0.3) is 0 Å². The van der Waals surface area contributed by atoms with Crippen molar-refractivity contribution in [3.63, 3.8) is 0 Å². The molecular formula is C13H20BrFN2. The van der Waals surface area contributed by atoms with E-state index in [1.165, 1.54) is 12.1 Å². The van der Waals surface area contributed by atoms with E-state index in [2.05, 4.69) is 34.7 Å². The van der Waals surface area contributed by atoms with Crippen molar-refractivity contribution in [1.82, 2.24) is 4.90 Å². The third-order valence-electron chi connectivity index (χ3n) is 3.51. The summed E-state index contributed by atoms with van der Waals surface area (Å²) in [6.07, 6.45) is 0.714. The van der Waals surface area contributed by atoms with Crippen LogP contribution < -0.4 is 5.73 Å². The second-order valence-electron chi connectivity index (χ2n) is 5.09. The highest BCUT2D eigenvalue weighted by Crippen LogP contribution is 2.23. The number of hydrogen-bond acceptors (Lipinski definition) is 2. The molecule has 0 radical (unpaired) electrons. The molecule has 0 aliphatic heterocycles. The van der Waals surface area contributed by atoms with Crippen molar-refractivity contribution in [2.75, 3.05) is 14.1 Å². The number of rotatable bonds is 4. The van der Waals surface area contributed by atoms with E-state index in [1.54, 1.807) is 6.07 Å². The predicted molar refractivity (Wildman–Crippen MR) is 73.5 cm³/mol. The second-order valence-corrected chi connectivity index (χ2v) is 5.95. The Morgan fingerprint density at radius 2 is 2.00 bits per heavy atom. The molecule has 1 aromatic carbocycles. The number of halogens is 2. The third kappa shape index (κ3) is 3.50. The summed E-state index contributed by atoms with van der Waals surface area (Å²) in [6.45, 7) is 4.21. The van der Waals surface area contributed by atoms with Crippen LogP contribution in [0.25, 0.3) is 0 Å². The van der Waals surface area contributed by atoms with E-state index in [1.807, 2.05) is 14.1 Å². The minimum absolute atomic E-state index is 0.0146. The number of likely N-dealkylation sites (N-methyl/N-ethyl adjacent to an activating group) is 1. The van der Waals surface area contributed by atoms with Gasteiger partial charge in [-0.25, -0.2) is 4.39 Å². The van der Waals surface area contributed by atoms with Gasteiger partial charge in [0.15, 0.2) is 0 Å². The van der Waals surface area contributed by atoms with Gasteiger partial charge in [-0.1, -0.05) is 22.0 Å². The molecule has 1 unspecified atom stereocenters. The Kier molecular flexibility index (Phi) is 4.69. The van der Waals surface area contributed by atoms with E-state index in [4.69, 9.17) is 5.73 Å². The highest BCUT2D eigenvalue weighted by molar-refractivity contribution is 9.10. The summed E-state index contributed by atoms with van der Waals surface area (Å²) in [5, 5.41) is 0. The largest absolute Gasteiger partial charge is 0.326 e. The number of nitrogens with two attached hydrogens (primary N) is 1. The first-order chi connectivity index (χ1) is 7.75. The molecule has 2 nitrogen and oxygen atoms in total. The average molecular weight is 303 g/mol. The Hall–Kier alpha value is -0.450. The van der Waals surface area contributed by atoms with Crippen LogP contribution in [0.3, 0.4) is 0 Å². The smallest absolute Gasteiger partial charge is 0.124 e. The summed E-state index contributed by atoms with van der Waals surface area (Å²) in [7, 11) is 4.03. The van der Waals surface area contributed by atoms with Gasteiger partial charge in [0.05, 0.1) is 0 Å². The Morgan fingerprint density at radius 1 is 1.41 bits per heavy atom. The molecule has 96 valence electrons. The predicted octanol–water partition coefficient (Wildman–Crippen LogP) is 2.80. The first-order valence-electron chi connectivity index (χ1n) is 5.62. The summed E-state index contributed by atoms with van der Waals surface area (Å²) in [5.74, 6) is -0.235. The molecule has 0 heterocycles. The van der Waals surface area contributed by atoms with Crippen LogP contribution in [0.5, 0.6) is 0 Å². The highest BCUT2D eigenvalue weighted by atomic mass is 79.9. The van der Waals surface area contributed by atoms with Crippen molar-refractivity contribution in [3.05, 3.63) is 34.1 Å². The molecule has 1 atom stereocenters. The fraction of sp³-hybridized carbons (Fsp3) is 0.538. The van der Waals surface area contributed by atoms with Crippen LogP contribution in [0.4, 0.5) is 4.39 Å². The summed E-state index contributed by atoms with van der Waals surface area (Å²) in [6, 6.07) is 4.71. The van der Waals surface area contributed by atoms with Crippen LogP contribution in [0, 0.1) is 5.82 Å². The molecule has 0 saturated carbocycles. The van der Waals surface area contributed by atoms with E-state index in [0.717, 1.165) is 10.0 Å². The lowest BCUT2D eigenvalue weighted by atomic mass is 9.89. The van der Waals surface area contributed by atoms with Gasteiger partial charge in [-0.15, -0.1) is 0 Å². The average Bonchev–Trinajstić information content (AvgIpc) is 2.21. The van der Waals surface area contributed by atoms with Gasteiger partial charge in [-0.05, 0) is 52.1 Å². The van der Waals surface area contributed by atoms with Crippen LogP contribution in [0.2, 0.25) is 0 Å². The third-order valence-corrected chi connectivity index (χ3v) is 4.25. The fourth-order valence-electron chi connectivity index (χ4n) is 1.51. The van der Waals surface area contributed by atoms with Crippen LogP contribution in [0.1, 0.15) is 19.4 Å². The van der Waals surface area contributed by atoms with Crippen LogP contribution in [-0.4, -0.2) is 30.6 Å². The maximum Gasteiger partial charge on any atom is 0.124 e. The quantitative estimate of drug-likeness (QED) is 0.927. The Balaban J connectivity index is 2.84. The second kappa shape index (κ2) is 5.46. The molecule has 0 amide bonds. The van der Waals surface area contributed by atoms with E-state index in [-0.39, 0.29) is 17.4 Å². The summed E-state index contributed by atoms with van der Waals surface area (Å²) in [5.41, 5.74) is 7.17. The van der Waals surface area contributed by atoms with Crippen molar-refractivity contribution < 1.29 is 4.39 Å². The van der Waals surface area contributed by atoms with Gasteiger partial charge < -0.3 is 10.6 Å². The number of nitrogens with zero attached hydrogens (tertiary/aromatic N) is 1. The topological polar surface area (TPSA) is 29.3 Å². The zero-order chi connectivity index (χ0) is 13.2. The molecule has 4 heteroatoms. The minimum Gasteiger partial charge on any atom is -0.326 e. The fourth-order valence-corrected chi connectivity index (χ4v) is 2.02. The van der Waals surface area contributed by atoms with E-state index >= 15 is 0 Å². The van der Waals surface area contributed by atoms with Gasteiger partial charge in [-0.3, -0.25) is 0 Å². The van der Waals surface area contributed by atoms with Crippen LogP contribution in [-0.2, 0) is 6.42 Å². The van der Waals surface area contributed by atoms with Gasteiger partial charge in [-0.2, -0.15) is 0 Å². The van der Waals surface area contributed by atoms with E-state index < -0.39 is 0 Å². The standard InChI is InChI=1S/C13H20BrFN2/c1-13(2,17(3)4)12(16)7-9-5-6-10(15)8-11(9)14/h5-6,8,12H,7,16H2,1-4H3. The number of benzene rings is 1. The van der Waals surface area contributed by atoms with Gasteiger partial charge >= 0.3 is 0 Å². The Labute approximate surface area is 111 Å². The molecule has 0 aliphatic carbocycles. The summed E-state index contributed by atoms with van der Waals surface area (Å²) in [4.78, 5) is 2.11. The number of hydrogen-bond donors (Lipinski definition) is 1. The van der Waals surface area contributed by atoms with E-state index in [9.17, 15) is 4.39 Å². The lowest BCUT2D eigenvalue weighted by Crippen LogP contribution is -2.54. The molecular weight excluding hydrogens is 283 g/mol. The summed E-state index contributed by atoms with van der Waals surface area (Å²) < 4.78 is 13.8. The Morgan fingerprint density at radius 3 is 2.47 bits per heavy atom. The summed E-state index contributed by atoms with van der Waals surface area (Å²) >= 11 is 3.37. The van der Waals surface area contributed by atoms with Crippen molar-refractivity contribution in [2.45, 2.75) is 31.8 Å². The lowest BCUT2D eigenvalue weighted by Gasteiger charge is -2.38. The van der Waals surface area contributed by atoms with Crippen molar-refractivity contribution in [1.29, 1.82) is 0 Å². The molecule has 0 aromatic heterocycles. The SMILES string of the molecule is CN(C)C(C)(C)C(N)Cc1ccc(F)cc1Br. The maximum absolute atomic E-state index is 13.0. The van der Waals surface area contributed by atoms with Crippen molar-refractivity contribution >= 4 is 15.9 Å². The van der Waals surface area contributed by atoms with E-state index in [0.29, 0.717) is 6.42 Å². The molecule has 1 rings (SSSR count). The van der Waals surface area contributed by atoms with Crippen molar-refractivity contribution in [3.8, 4) is 0 Å². The first-order valence-corrected chi connectivity index (χ1v) is 6.41. The minimum atomic E-state index is -0.235. The zero-order valence-electron chi connectivity index (χ0n) is 10.8. The molecule has 0 aliphatic rings. The molecule has 0 fully saturated rings. The van der Waals surface area contributed by atoms with Crippen LogP contribution in [0.15, 0.2) is 22.7 Å². The normalized spacial score (nSPS) is 14.1. The van der Waals surface area contributed by atoms with Gasteiger partial charge in [0.2, 0.25) is 0 Å². The van der Waals surface area contributed by atoms with Gasteiger partial charge in [0, 0.05) is 16.1 Å². The Bertz CT molecular complexity index is 391. The van der Waals surface area contributed by atoms with Crippen LogP contribution >= 0.6 is 15.9 Å². The zero-order valence-corrected chi connectivity index (χ0v) is 12.4. The molecule has 0 bridgehead atoms. The molecule has 0 saturated heterocycles. The van der Waals surface area contributed by atoms with Gasteiger partial charge in [0.1, 0.15) is 5.82 Å². The molecule has 0 spiro atoms.